The predicted molar refractivity (Wildman–Crippen MR) is 56.2 cm³/mol. The average Bonchev–Trinajstić information content (AvgIpc) is 2.25. The van der Waals surface area contributed by atoms with E-state index in [0.717, 1.165) is 18.2 Å². The fourth-order valence-electron chi connectivity index (χ4n) is 1.06. The van der Waals surface area contributed by atoms with Crippen molar-refractivity contribution in [2.75, 3.05) is 7.11 Å². The summed E-state index contributed by atoms with van der Waals surface area (Å²) in [7, 11) is 1.22. The van der Waals surface area contributed by atoms with E-state index in [9.17, 15) is 17.7 Å². The van der Waals surface area contributed by atoms with Gasteiger partial charge in [0, 0.05) is 6.08 Å². The van der Waals surface area contributed by atoms with Gasteiger partial charge in [0.1, 0.15) is 0 Å². The van der Waals surface area contributed by atoms with Crippen LogP contribution in [-0.2, 0) is 9.53 Å². The molecule has 0 fully saturated rings. The molecular formula is C10H9BF3O2-. The highest BCUT2D eigenvalue weighted by Crippen LogP contribution is 2.10. The maximum absolute atomic E-state index is 12.3. The lowest BCUT2D eigenvalue weighted by molar-refractivity contribution is -0.134. The van der Waals surface area contributed by atoms with Gasteiger partial charge >= 0.3 is 12.9 Å². The molecule has 16 heavy (non-hydrogen) atoms. The second kappa shape index (κ2) is 4.87. The molecule has 0 amide bonds. The second-order valence-electron chi connectivity index (χ2n) is 3.10. The van der Waals surface area contributed by atoms with E-state index in [4.69, 9.17) is 0 Å². The van der Waals surface area contributed by atoms with Gasteiger partial charge in [-0.1, -0.05) is 24.3 Å². The number of carbonyl (C=O) groups is 1. The van der Waals surface area contributed by atoms with E-state index in [2.05, 4.69) is 4.74 Å². The zero-order valence-electron chi connectivity index (χ0n) is 8.49. The van der Waals surface area contributed by atoms with Crippen LogP contribution in [0.1, 0.15) is 5.56 Å². The Bertz CT molecular complexity index is 396. The number of halogens is 3. The lowest BCUT2D eigenvalue weighted by atomic mass is 9.80. The molecule has 1 rings (SSSR count). The largest absolute Gasteiger partial charge is 0.509 e. The molecule has 2 nitrogen and oxygen atoms in total. The van der Waals surface area contributed by atoms with E-state index in [1.54, 1.807) is 0 Å². The maximum atomic E-state index is 12.3. The molecule has 0 aromatic heterocycles. The maximum Gasteiger partial charge on any atom is 0.509 e. The fraction of sp³-hybridized carbons (Fsp3) is 0.100. The summed E-state index contributed by atoms with van der Waals surface area (Å²) < 4.78 is 41.1. The quantitative estimate of drug-likeness (QED) is 0.449. The van der Waals surface area contributed by atoms with Crippen LogP contribution in [0.5, 0.6) is 0 Å². The highest BCUT2D eigenvalue weighted by molar-refractivity contribution is 6.73. The Balaban J connectivity index is 2.80. The highest BCUT2D eigenvalue weighted by atomic mass is 19.4. The number of ether oxygens (including phenoxy) is 1. The van der Waals surface area contributed by atoms with E-state index in [-0.39, 0.29) is 0 Å². The first-order valence-electron chi connectivity index (χ1n) is 4.49. The Morgan fingerprint density at radius 3 is 2.25 bits per heavy atom. The number of rotatable bonds is 3. The first-order valence-corrected chi connectivity index (χ1v) is 4.49. The molecule has 0 radical (unpaired) electrons. The van der Waals surface area contributed by atoms with E-state index in [1.807, 2.05) is 0 Å². The summed E-state index contributed by atoms with van der Waals surface area (Å²) in [6.07, 6.45) is 2.53. The van der Waals surface area contributed by atoms with Crippen molar-refractivity contribution in [3.63, 3.8) is 0 Å². The van der Waals surface area contributed by atoms with E-state index < -0.39 is 18.4 Å². The van der Waals surface area contributed by atoms with Gasteiger partial charge in [0.05, 0.1) is 7.11 Å². The summed E-state index contributed by atoms with van der Waals surface area (Å²) in [5.41, 5.74) is -0.149. The minimum absolute atomic E-state index is 0.509. The lowest BCUT2D eigenvalue weighted by Crippen LogP contribution is -2.33. The molecule has 0 spiro atoms. The summed E-state index contributed by atoms with van der Waals surface area (Å²) in [5.74, 6) is -0.552. The Hall–Kier alpha value is -1.72. The van der Waals surface area contributed by atoms with Gasteiger partial charge in [-0.3, -0.25) is 0 Å². The van der Waals surface area contributed by atoms with Gasteiger partial charge < -0.3 is 17.7 Å². The van der Waals surface area contributed by atoms with Gasteiger partial charge in [0.25, 0.3) is 0 Å². The smallest absolute Gasteiger partial charge is 0.466 e. The van der Waals surface area contributed by atoms with Crippen molar-refractivity contribution < 1.29 is 22.5 Å². The molecule has 0 heterocycles. The third-order valence-electron chi connectivity index (χ3n) is 1.93. The van der Waals surface area contributed by atoms with Crippen molar-refractivity contribution in [1.82, 2.24) is 0 Å². The molecule has 86 valence electrons. The van der Waals surface area contributed by atoms with Gasteiger partial charge in [0.15, 0.2) is 0 Å². The van der Waals surface area contributed by atoms with Crippen molar-refractivity contribution in [3.05, 3.63) is 35.9 Å². The van der Waals surface area contributed by atoms with Gasteiger partial charge in [0.2, 0.25) is 0 Å². The van der Waals surface area contributed by atoms with Crippen molar-refractivity contribution in [1.29, 1.82) is 0 Å². The van der Waals surface area contributed by atoms with Crippen molar-refractivity contribution in [3.8, 4) is 0 Å². The minimum atomic E-state index is -4.96. The van der Waals surface area contributed by atoms with Crippen LogP contribution in [0.25, 0.3) is 6.08 Å². The second-order valence-corrected chi connectivity index (χ2v) is 3.10. The van der Waals surface area contributed by atoms with E-state index >= 15 is 0 Å². The van der Waals surface area contributed by atoms with E-state index in [1.165, 1.54) is 25.3 Å². The number of hydrogen-bond donors (Lipinski definition) is 0. The number of carbonyl (C=O) groups excluding carboxylic acids is 1. The summed E-state index contributed by atoms with van der Waals surface area (Å²) >= 11 is 0. The summed E-state index contributed by atoms with van der Waals surface area (Å²) in [6, 6.07) is 4.56. The van der Waals surface area contributed by atoms with Gasteiger partial charge in [-0.15, -0.1) is 5.46 Å². The summed E-state index contributed by atoms with van der Waals surface area (Å²) in [6.45, 7) is -4.96. The fourth-order valence-corrected chi connectivity index (χ4v) is 1.06. The molecule has 0 unspecified atom stereocenters. The van der Waals surface area contributed by atoms with Gasteiger partial charge in [-0.25, -0.2) is 4.79 Å². The first-order chi connectivity index (χ1) is 7.43. The summed E-state index contributed by atoms with van der Waals surface area (Å²) in [4.78, 5) is 10.7. The lowest BCUT2D eigenvalue weighted by Gasteiger charge is -2.14. The van der Waals surface area contributed by atoms with Crippen LogP contribution in [0, 0.1) is 0 Å². The molecule has 0 saturated heterocycles. The molecule has 1 aromatic rings. The topological polar surface area (TPSA) is 26.3 Å². The molecule has 0 saturated carbocycles. The molecule has 6 heteroatoms. The molecular weight excluding hydrogens is 220 g/mol. The SMILES string of the molecule is COC(=O)/C=C/c1ccc([B-](F)(F)F)cc1. The van der Waals surface area contributed by atoms with E-state index in [0.29, 0.717) is 5.56 Å². The molecule has 0 aliphatic heterocycles. The van der Waals surface area contributed by atoms with Crippen LogP contribution in [-0.4, -0.2) is 20.1 Å². The van der Waals surface area contributed by atoms with Crippen LogP contribution in [0.4, 0.5) is 12.9 Å². The van der Waals surface area contributed by atoms with Crippen molar-refractivity contribution >= 4 is 24.5 Å². The van der Waals surface area contributed by atoms with Crippen molar-refractivity contribution in [2.24, 2.45) is 0 Å². The normalized spacial score (nSPS) is 11.8. The molecule has 0 atom stereocenters. The standard InChI is InChI=1S/C10H9BF3O2/c1-16-10(15)7-4-8-2-5-9(6-3-8)11(12,13)14/h2-7H,1H3/q-1/b7-4+. The van der Waals surface area contributed by atoms with Gasteiger partial charge in [-0.2, -0.15) is 0 Å². The Morgan fingerprint density at radius 1 is 1.25 bits per heavy atom. The third-order valence-corrected chi connectivity index (χ3v) is 1.93. The van der Waals surface area contributed by atoms with Gasteiger partial charge in [-0.05, 0) is 11.6 Å². The molecule has 0 aliphatic carbocycles. The first kappa shape index (κ1) is 12.4. The average molecular weight is 229 g/mol. The van der Waals surface area contributed by atoms with Crippen LogP contribution in [0.3, 0.4) is 0 Å². The summed E-state index contributed by atoms with van der Waals surface area (Å²) in [5, 5.41) is 0. The van der Waals surface area contributed by atoms with Crippen LogP contribution in [0.15, 0.2) is 30.3 Å². The Labute approximate surface area is 90.8 Å². The third kappa shape index (κ3) is 3.45. The van der Waals surface area contributed by atoms with Crippen molar-refractivity contribution in [2.45, 2.75) is 0 Å². The monoisotopic (exact) mass is 229 g/mol. The minimum Gasteiger partial charge on any atom is -0.466 e. The predicted octanol–water partition coefficient (Wildman–Crippen LogP) is 1.93. The molecule has 0 aliphatic rings. The zero-order chi connectivity index (χ0) is 12.2. The number of benzene rings is 1. The number of esters is 1. The van der Waals surface area contributed by atoms with Crippen LogP contribution >= 0.6 is 0 Å². The molecule has 0 N–H and O–H groups in total. The van der Waals surface area contributed by atoms with Crippen LogP contribution < -0.4 is 5.46 Å². The highest BCUT2D eigenvalue weighted by Gasteiger charge is 2.24. The Kier molecular flexibility index (Phi) is 3.76. The zero-order valence-corrected chi connectivity index (χ0v) is 8.49. The molecule has 0 bridgehead atoms. The molecule has 1 aromatic carbocycles. The van der Waals surface area contributed by atoms with Crippen LogP contribution in [0.2, 0.25) is 0 Å². The Morgan fingerprint density at radius 2 is 1.81 bits per heavy atom. The number of methoxy groups -OCH3 is 1. The number of hydrogen-bond acceptors (Lipinski definition) is 2.